The van der Waals surface area contributed by atoms with E-state index < -0.39 is 0 Å². The molecule has 2 N–H and O–H groups in total. The first-order valence-corrected chi connectivity index (χ1v) is 15.3. The van der Waals surface area contributed by atoms with E-state index in [9.17, 15) is 15.0 Å². The molecule has 0 spiro atoms. The third kappa shape index (κ3) is 8.99. The summed E-state index contributed by atoms with van der Waals surface area (Å²) in [6, 6.07) is 6.15. The lowest BCUT2D eigenvalue weighted by atomic mass is 9.73. The summed E-state index contributed by atoms with van der Waals surface area (Å²) in [5, 5.41) is 21.3. The van der Waals surface area contributed by atoms with E-state index in [2.05, 4.69) is 26.8 Å². The Balaban J connectivity index is 1.55. The molecule has 0 radical (unpaired) electrons. The van der Waals surface area contributed by atoms with Gasteiger partial charge in [0.05, 0.1) is 12.2 Å². The Labute approximate surface area is 225 Å². The highest BCUT2D eigenvalue weighted by Crippen LogP contribution is 2.48. The highest BCUT2D eigenvalue weighted by molar-refractivity contribution is 5.71. The fourth-order valence-electron chi connectivity index (χ4n) is 6.58. The van der Waals surface area contributed by atoms with Crippen LogP contribution in [0.4, 0.5) is 0 Å². The van der Waals surface area contributed by atoms with Crippen molar-refractivity contribution in [2.75, 3.05) is 6.61 Å². The molecule has 0 aromatic heterocycles. The van der Waals surface area contributed by atoms with E-state index in [0.717, 1.165) is 89.2 Å². The van der Waals surface area contributed by atoms with Crippen molar-refractivity contribution in [1.82, 2.24) is 0 Å². The average Bonchev–Trinajstić information content (AvgIpc) is 3.20. The molecular formula is C32H52O5. The number of carbonyl (C=O) groups excluding carboxylic acids is 1. The topological polar surface area (TPSA) is 76.0 Å². The van der Waals surface area contributed by atoms with E-state index in [-0.39, 0.29) is 36.8 Å². The Kier molecular flexibility index (Phi) is 12.7. The first kappa shape index (κ1) is 30.0. The van der Waals surface area contributed by atoms with Crippen LogP contribution in [0, 0.1) is 17.8 Å². The highest BCUT2D eigenvalue weighted by atomic mass is 16.6. The molecule has 0 unspecified atom stereocenters. The number of aliphatic hydroxyl groups excluding tert-OH is 2. The minimum atomic E-state index is -0.297. The summed E-state index contributed by atoms with van der Waals surface area (Å²) in [4.78, 5) is 12.6. The Morgan fingerprint density at radius 2 is 1.70 bits per heavy atom. The number of fused-ring (bicyclic) bond motifs is 2. The van der Waals surface area contributed by atoms with Crippen molar-refractivity contribution in [2.24, 2.45) is 17.8 Å². The number of ether oxygens (including phenoxy) is 2. The number of unbranched alkanes of at least 4 members (excludes halogenated alkanes) is 4. The first-order chi connectivity index (χ1) is 18.0. The Morgan fingerprint density at radius 1 is 0.973 bits per heavy atom. The monoisotopic (exact) mass is 516 g/mol. The van der Waals surface area contributed by atoms with E-state index >= 15 is 0 Å². The largest absolute Gasteiger partial charge is 0.482 e. The summed E-state index contributed by atoms with van der Waals surface area (Å²) in [7, 11) is 0. The summed E-state index contributed by atoms with van der Waals surface area (Å²) in [5.74, 6) is 1.63. The van der Waals surface area contributed by atoms with Gasteiger partial charge in [-0.15, -0.1) is 0 Å². The van der Waals surface area contributed by atoms with Crippen LogP contribution < -0.4 is 4.74 Å². The maximum absolute atomic E-state index is 12.6. The van der Waals surface area contributed by atoms with Crippen molar-refractivity contribution >= 4 is 5.97 Å². The van der Waals surface area contributed by atoms with Crippen LogP contribution in [0.25, 0.3) is 0 Å². The summed E-state index contributed by atoms with van der Waals surface area (Å²) >= 11 is 0. The number of esters is 1. The van der Waals surface area contributed by atoms with Gasteiger partial charge in [-0.05, 0) is 86.3 Å². The number of hydrogen-bond donors (Lipinski definition) is 2. The Bertz CT molecular complexity index is 800. The molecule has 1 saturated carbocycles. The summed E-state index contributed by atoms with van der Waals surface area (Å²) in [5.41, 5.74) is 2.47. The van der Waals surface area contributed by atoms with Gasteiger partial charge in [-0.25, -0.2) is 4.79 Å². The van der Waals surface area contributed by atoms with Gasteiger partial charge < -0.3 is 19.7 Å². The van der Waals surface area contributed by atoms with Gasteiger partial charge in [-0.2, -0.15) is 0 Å². The summed E-state index contributed by atoms with van der Waals surface area (Å²) < 4.78 is 11.8. The Morgan fingerprint density at radius 3 is 2.41 bits per heavy atom. The molecule has 37 heavy (non-hydrogen) atoms. The number of carbonyl (C=O) groups is 1. The van der Waals surface area contributed by atoms with E-state index in [1.807, 2.05) is 12.1 Å². The molecule has 5 atom stereocenters. The van der Waals surface area contributed by atoms with Crippen molar-refractivity contribution in [3.05, 3.63) is 29.3 Å². The van der Waals surface area contributed by atoms with Crippen LogP contribution in [0.1, 0.15) is 115 Å². The van der Waals surface area contributed by atoms with Crippen LogP contribution in [0.15, 0.2) is 18.2 Å². The van der Waals surface area contributed by atoms with Crippen molar-refractivity contribution in [1.29, 1.82) is 0 Å². The molecule has 0 aliphatic heterocycles. The van der Waals surface area contributed by atoms with Gasteiger partial charge in [0.15, 0.2) is 6.61 Å². The SMILES string of the molecule is CCCCC[C@H](O)CC[C@@H]1[C@H]2Cc3cccc(OCC(=O)OC(CCCC)CCCC)c3C[C@H]2C[C@H]1O. The molecule has 1 aromatic carbocycles. The van der Waals surface area contributed by atoms with E-state index in [0.29, 0.717) is 11.8 Å². The molecule has 0 heterocycles. The van der Waals surface area contributed by atoms with Crippen LogP contribution >= 0.6 is 0 Å². The van der Waals surface area contributed by atoms with Gasteiger partial charge in [-0.1, -0.05) is 77.8 Å². The number of hydrogen-bond acceptors (Lipinski definition) is 5. The number of benzene rings is 1. The zero-order valence-corrected chi connectivity index (χ0v) is 23.6. The molecule has 3 rings (SSSR count). The lowest BCUT2D eigenvalue weighted by molar-refractivity contribution is -0.152. The second-order valence-electron chi connectivity index (χ2n) is 11.6. The second-order valence-corrected chi connectivity index (χ2v) is 11.6. The van der Waals surface area contributed by atoms with Gasteiger partial charge in [0.25, 0.3) is 0 Å². The van der Waals surface area contributed by atoms with Gasteiger partial charge in [0.1, 0.15) is 11.9 Å². The maximum Gasteiger partial charge on any atom is 0.344 e. The molecule has 2 aliphatic rings. The van der Waals surface area contributed by atoms with Gasteiger partial charge in [-0.3, -0.25) is 0 Å². The minimum Gasteiger partial charge on any atom is -0.482 e. The molecule has 2 aliphatic carbocycles. The first-order valence-electron chi connectivity index (χ1n) is 15.3. The van der Waals surface area contributed by atoms with Crippen LogP contribution in [0.2, 0.25) is 0 Å². The third-order valence-corrected chi connectivity index (χ3v) is 8.72. The molecule has 1 fully saturated rings. The van der Waals surface area contributed by atoms with E-state index in [1.54, 1.807) is 0 Å². The standard InChI is InChI=1S/C32H52O5/c1-4-7-10-13-25(33)17-18-27-28-19-23-12-11-16-31(29(23)20-24(28)21-30(27)34)36-22-32(35)37-26(14-8-5-2)15-9-6-3/h11-12,16,24-28,30,33-34H,4-10,13-15,17-22H2,1-3H3/t24-,25-,27+,28-,30+/m0/s1. The lowest BCUT2D eigenvalue weighted by Crippen LogP contribution is -2.28. The molecule has 0 bridgehead atoms. The molecule has 5 nitrogen and oxygen atoms in total. The van der Waals surface area contributed by atoms with E-state index in [1.165, 1.54) is 24.0 Å². The minimum absolute atomic E-state index is 0.0106. The summed E-state index contributed by atoms with van der Waals surface area (Å²) in [6.07, 6.45) is 14.2. The summed E-state index contributed by atoms with van der Waals surface area (Å²) in [6.45, 7) is 6.45. The zero-order valence-electron chi connectivity index (χ0n) is 23.6. The molecule has 1 aromatic rings. The van der Waals surface area contributed by atoms with E-state index in [4.69, 9.17) is 9.47 Å². The maximum atomic E-state index is 12.6. The average molecular weight is 517 g/mol. The van der Waals surface area contributed by atoms with Crippen molar-refractivity contribution in [2.45, 2.75) is 135 Å². The third-order valence-electron chi connectivity index (χ3n) is 8.72. The number of rotatable bonds is 17. The van der Waals surface area contributed by atoms with Crippen molar-refractivity contribution < 1.29 is 24.5 Å². The Hall–Kier alpha value is -1.59. The molecule has 0 amide bonds. The van der Waals surface area contributed by atoms with Gasteiger partial charge in [0, 0.05) is 0 Å². The lowest BCUT2D eigenvalue weighted by Gasteiger charge is -2.32. The quantitative estimate of drug-likeness (QED) is 0.176. The molecule has 210 valence electrons. The fourth-order valence-corrected chi connectivity index (χ4v) is 6.58. The predicted molar refractivity (Wildman–Crippen MR) is 149 cm³/mol. The normalized spacial score (nSPS) is 23.5. The van der Waals surface area contributed by atoms with Crippen LogP contribution in [0.5, 0.6) is 5.75 Å². The van der Waals surface area contributed by atoms with Crippen LogP contribution in [-0.2, 0) is 22.4 Å². The number of aliphatic hydroxyl groups is 2. The predicted octanol–water partition coefficient (Wildman–Crippen LogP) is 6.79. The van der Waals surface area contributed by atoms with Gasteiger partial charge >= 0.3 is 5.97 Å². The molecular weight excluding hydrogens is 464 g/mol. The van der Waals surface area contributed by atoms with Crippen LogP contribution in [-0.4, -0.2) is 41.1 Å². The second kappa shape index (κ2) is 15.7. The van der Waals surface area contributed by atoms with Crippen LogP contribution in [0.3, 0.4) is 0 Å². The smallest absolute Gasteiger partial charge is 0.344 e. The highest BCUT2D eigenvalue weighted by Gasteiger charge is 2.44. The fraction of sp³-hybridized carbons (Fsp3) is 0.781. The zero-order chi connectivity index (χ0) is 26.6. The van der Waals surface area contributed by atoms with Gasteiger partial charge in [0.2, 0.25) is 0 Å². The molecule has 5 heteroatoms. The molecule has 0 saturated heterocycles. The van der Waals surface area contributed by atoms with Crippen molar-refractivity contribution in [3.63, 3.8) is 0 Å². The van der Waals surface area contributed by atoms with Crippen molar-refractivity contribution in [3.8, 4) is 5.75 Å².